The number of rotatable bonds is 6. The molecule has 1 fully saturated rings. The molecule has 1 amide bonds. The summed E-state index contributed by atoms with van der Waals surface area (Å²) in [5.74, 6) is 0.856. The summed E-state index contributed by atoms with van der Waals surface area (Å²) < 4.78 is 0. The summed E-state index contributed by atoms with van der Waals surface area (Å²) in [5, 5.41) is 10.1. The van der Waals surface area contributed by atoms with Crippen molar-refractivity contribution in [2.45, 2.75) is 38.4 Å². The Balaban J connectivity index is 1.78. The number of piperazine rings is 1. The lowest BCUT2D eigenvalue weighted by molar-refractivity contribution is -0.130. The number of nitrogens with zero attached hydrogens (tertiary/aromatic N) is 4. The quantitative estimate of drug-likeness (QED) is 0.802. The van der Waals surface area contributed by atoms with Crippen molar-refractivity contribution in [2.75, 3.05) is 31.9 Å². The van der Waals surface area contributed by atoms with Crippen molar-refractivity contribution < 1.29 is 4.79 Å². The predicted octanol–water partition coefficient (Wildman–Crippen LogP) is 1.76. The van der Waals surface area contributed by atoms with Crippen LogP contribution in [0, 0.1) is 17.2 Å². The number of carbonyl (C=O) groups is 1. The Bertz CT molecular complexity index is 557. The molecule has 7 heteroatoms. The number of hydrogen-bond donors (Lipinski definition) is 1. The molecular weight excluding hydrogens is 310 g/mol. The van der Waals surface area contributed by atoms with E-state index in [-0.39, 0.29) is 11.9 Å². The third kappa shape index (κ3) is 4.72. The Morgan fingerprint density at radius 2 is 2.13 bits per heavy atom. The van der Waals surface area contributed by atoms with Crippen LogP contribution in [0.5, 0.6) is 0 Å². The summed E-state index contributed by atoms with van der Waals surface area (Å²) in [6, 6.07) is 2.32. The van der Waals surface area contributed by atoms with Gasteiger partial charge in [0.2, 0.25) is 5.91 Å². The fourth-order valence-electron chi connectivity index (χ4n) is 2.71. The van der Waals surface area contributed by atoms with Crippen molar-refractivity contribution in [3.05, 3.63) is 11.9 Å². The summed E-state index contributed by atoms with van der Waals surface area (Å²) in [4.78, 5) is 23.8. The monoisotopic (exact) mass is 335 g/mol. The Hall–Kier alpha value is -1.52. The number of H-pyrrole nitrogens is 1. The van der Waals surface area contributed by atoms with Crippen LogP contribution in [0.4, 0.5) is 0 Å². The van der Waals surface area contributed by atoms with Gasteiger partial charge in [-0.15, -0.1) is 0 Å². The molecule has 0 radical (unpaired) electrons. The highest BCUT2D eigenvalue weighted by atomic mass is 32.2. The molecule has 126 valence electrons. The topological polar surface area (TPSA) is 76.0 Å². The van der Waals surface area contributed by atoms with Gasteiger partial charge in [-0.2, -0.15) is 5.26 Å². The summed E-state index contributed by atoms with van der Waals surface area (Å²) in [5.41, 5.74) is 1.09. The molecule has 1 aliphatic heterocycles. The Labute approximate surface area is 142 Å². The predicted molar refractivity (Wildman–Crippen MR) is 91.1 cm³/mol. The average Bonchev–Trinajstić information content (AvgIpc) is 3.01. The van der Waals surface area contributed by atoms with Gasteiger partial charge in [-0.05, 0) is 12.3 Å². The van der Waals surface area contributed by atoms with Crippen LogP contribution < -0.4 is 0 Å². The highest BCUT2D eigenvalue weighted by Crippen LogP contribution is 2.17. The van der Waals surface area contributed by atoms with E-state index in [0.717, 1.165) is 30.4 Å². The molecule has 1 saturated heterocycles. The lowest BCUT2D eigenvalue weighted by Gasteiger charge is -2.38. The molecule has 0 aliphatic carbocycles. The summed E-state index contributed by atoms with van der Waals surface area (Å²) in [6.45, 7) is 9.14. The third-order valence-corrected chi connectivity index (χ3v) is 5.01. The first kappa shape index (κ1) is 17.8. The third-order valence-electron chi connectivity index (χ3n) is 4.14. The van der Waals surface area contributed by atoms with Crippen LogP contribution in [-0.2, 0) is 11.2 Å². The SMILES string of the molecule is CCc1cnc(SCC(=O)N2CCN([C@H](C#N)C(C)C)CC2)[nH]1. The van der Waals surface area contributed by atoms with Gasteiger partial charge in [0, 0.05) is 38.1 Å². The lowest BCUT2D eigenvalue weighted by Crippen LogP contribution is -2.53. The minimum absolute atomic E-state index is 0.0581. The van der Waals surface area contributed by atoms with Gasteiger partial charge in [-0.25, -0.2) is 4.98 Å². The van der Waals surface area contributed by atoms with Crippen LogP contribution in [-0.4, -0.2) is 63.6 Å². The maximum atomic E-state index is 12.3. The maximum Gasteiger partial charge on any atom is 0.233 e. The first-order valence-corrected chi connectivity index (χ1v) is 9.11. The second-order valence-corrected chi connectivity index (χ2v) is 7.05. The van der Waals surface area contributed by atoms with Crippen LogP contribution in [0.25, 0.3) is 0 Å². The molecule has 1 aromatic heterocycles. The van der Waals surface area contributed by atoms with Crippen molar-refractivity contribution >= 4 is 17.7 Å². The van der Waals surface area contributed by atoms with Gasteiger partial charge in [0.05, 0.1) is 11.8 Å². The van der Waals surface area contributed by atoms with Crippen molar-refractivity contribution in [1.82, 2.24) is 19.8 Å². The summed E-state index contributed by atoms with van der Waals surface area (Å²) >= 11 is 1.45. The molecule has 1 atom stereocenters. The standard InChI is InChI=1S/C16H25N5OS/c1-4-13-10-18-16(19-13)23-11-15(22)21-7-5-20(6-8-21)14(9-17)12(2)3/h10,12,14H,4-8,11H2,1-3H3,(H,18,19)/t14-/m1/s1. The summed E-state index contributed by atoms with van der Waals surface area (Å²) in [7, 11) is 0. The van der Waals surface area contributed by atoms with Crippen molar-refractivity contribution in [1.29, 1.82) is 5.26 Å². The van der Waals surface area contributed by atoms with Crippen molar-refractivity contribution in [3.8, 4) is 6.07 Å². The number of imidazole rings is 1. The highest BCUT2D eigenvalue weighted by molar-refractivity contribution is 7.99. The maximum absolute atomic E-state index is 12.3. The smallest absolute Gasteiger partial charge is 0.233 e. The molecule has 1 aromatic rings. The first-order chi connectivity index (χ1) is 11.0. The number of thioether (sulfide) groups is 1. The van der Waals surface area contributed by atoms with Gasteiger partial charge in [0.15, 0.2) is 5.16 Å². The molecule has 6 nitrogen and oxygen atoms in total. The summed E-state index contributed by atoms with van der Waals surface area (Å²) in [6.07, 6.45) is 2.74. The molecule has 0 spiro atoms. The molecular formula is C16H25N5OS. The highest BCUT2D eigenvalue weighted by Gasteiger charge is 2.27. The second kappa shape index (κ2) is 8.37. The molecule has 0 bridgehead atoms. The fourth-order valence-corrected chi connectivity index (χ4v) is 3.49. The lowest BCUT2D eigenvalue weighted by atomic mass is 10.0. The second-order valence-electron chi connectivity index (χ2n) is 6.09. The van der Waals surface area contributed by atoms with Crippen LogP contribution in [0.3, 0.4) is 0 Å². The van der Waals surface area contributed by atoms with E-state index in [1.807, 2.05) is 11.1 Å². The Kier molecular flexibility index (Phi) is 6.48. The van der Waals surface area contributed by atoms with Gasteiger partial charge in [-0.1, -0.05) is 32.5 Å². The number of nitrogens with one attached hydrogen (secondary N) is 1. The molecule has 0 aromatic carbocycles. The molecule has 2 heterocycles. The van der Waals surface area contributed by atoms with E-state index in [2.05, 4.69) is 41.7 Å². The van der Waals surface area contributed by atoms with Crippen LogP contribution in [0.2, 0.25) is 0 Å². The number of hydrogen-bond acceptors (Lipinski definition) is 5. The van der Waals surface area contributed by atoms with E-state index in [1.165, 1.54) is 11.8 Å². The van der Waals surface area contributed by atoms with Gasteiger partial charge in [0.25, 0.3) is 0 Å². The minimum Gasteiger partial charge on any atom is -0.339 e. The minimum atomic E-state index is -0.0581. The van der Waals surface area contributed by atoms with E-state index in [4.69, 9.17) is 0 Å². The molecule has 0 saturated carbocycles. The zero-order chi connectivity index (χ0) is 16.8. The zero-order valence-corrected chi connectivity index (χ0v) is 14.9. The number of aryl methyl sites for hydroxylation is 1. The van der Waals surface area contributed by atoms with Gasteiger partial charge >= 0.3 is 0 Å². The number of aromatic nitrogens is 2. The van der Waals surface area contributed by atoms with Crippen LogP contribution in [0.1, 0.15) is 26.5 Å². The number of aromatic amines is 1. The normalized spacial score (nSPS) is 17.3. The zero-order valence-electron chi connectivity index (χ0n) is 14.1. The number of amides is 1. The first-order valence-electron chi connectivity index (χ1n) is 8.13. The van der Waals surface area contributed by atoms with E-state index in [0.29, 0.717) is 24.8 Å². The largest absolute Gasteiger partial charge is 0.339 e. The molecule has 2 rings (SSSR count). The molecule has 0 unspecified atom stereocenters. The van der Waals surface area contributed by atoms with E-state index >= 15 is 0 Å². The van der Waals surface area contributed by atoms with Crippen LogP contribution in [0.15, 0.2) is 11.4 Å². The van der Waals surface area contributed by atoms with Crippen molar-refractivity contribution in [2.24, 2.45) is 5.92 Å². The van der Waals surface area contributed by atoms with Gasteiger partial charge in [-0.3, -0.25) is 9.69 Å². The van der Waals surface area contributed by atoms with E-state index in [9.17, 15) is 10.1 Å². The molecule has 1 aliphatic rings. The Morgan fingerprint density at radius 1 is 1.43 bits per heavy atom. The van der Waals surface area contributed by atoms with Crippen LogP contribution >= 0.6 is 11.8 Å². The fraction of sp³-hybridized carbons (Fsp3) is 0.688. The van der Waals surface area contributed by atoms with E-state index in [1.54, 1.807) is 0 Å². The Morgan fingerprint density at radius 3 is 2.65 bits per heavy atom. The molecule has 23 heavy (non-hydrogen) atoms. The average molecular weight is 335 g/mol. The van der Waals surface area contributed by atoms with E-state index < -0.39 is 0 Å². The van der Waals surface area contributed by atoms with Gasteiger partial charge in [0.1, 0.15) is 6.04 Å². The van der Waals surface area contributed by atoms with Crippen molar-refractivity contribution in [3.63, 3.8) is 0 Å². The molecule has 1 N–H and O–H groups in total. The van der Waals surface area contributed by atoms with Gasteiger partial charge < -0.3 is 9.88 Å². The number of nitriles is 1. The number of carbonyl (C=O) groups excluding carboxylic acids is 1.